The molecule has 1 atom stereocenters. The molecular formula is C19H27NO3S. The maximum atomic E-state index is 12.7. The van der Waals surface area contributed by atoms with E-state index >= 15 is 0 Å². The van der Waals surface area contributed by atoms with Gasteiger partial charge in [-0.1, -0.05) is 31.5 Å². The van der Waals surface area contributed by atoms with E-state index in [0.717, 1.165) is 30.6 Å². The second-order valence-electron chi connectivity index (χ2n) is 6.84. The fourth-order valence-corrected chi connectivity index (χ4v) is 4.39. The Morgan fingerprint density at radius 3 is 2.42 bits per heavy atom. The molecule has 4 nitrogen and oxygen atoms in total. The lowest BCUT2D eigenvalue weighted by Crippen LogP contribution is -2.52. The first-order valence-corrected chi connectivity index (χ1v) is 10.2. The third-order valence-electron chi connectivity index (χ3n) is 4.59. The second kappa shape index (κ2) is 8.06. The highest BCUT2D eigenvalue weighted by Crippen LogP contribution is 2.34. The fourth-order valence-electron chi connectivity index (χ4n) is 3.05. The minimum atomic E-state index is -0.784. The summed E-state index contributed by atoms with van der Waals surface area (Å²) in [4.78, 5) is 26.7. The van der Waals surface area contributed by atoms with Gasteiger partial charge in [-0.3, -0.25) is 18.7 Å². The molecule has 0 spiro atoms. The van der Waals surface area contributed by atoms with Crippen molar-refractivity contribution in [2.24, 2.45) is 0 Å². The molecule has 1 aromatic rings. The van der Waals surface area contributed by atoms with Crippen molar-refractivity contribution in [1.82, 2.24) is 4.90 Å². The Balaban J connectivity index is 1.98. The van der Waals surface area contributed by atoms with Crippen LogP contribution in [0.5, 0.6) is 0 Å². The van der Waals surface area contributed by atoms with Crippen LogP contribution in [0.4, 0.5) is 0 Å². The monoisotopic (exact) mass is 349 g/mol. The van der Waals surface area contributed by atoms with E-state index in [9.17, 15) is 13.8 Å². The Bertz CT molecular complexity index is 639. The third kappa shape index (κ3) is 3.94. The highest BCUT2D eigenvalue weighted by atomic mass is 32.2. The topological polar surface area (TPSA) is 54.5 Å². The zero-order valence-electron chi connectivity index (χ0n) is 14.8. The van der Waals surface area contributed by atoms with Crippen LogP contribution in [0.1, 0.15) is 62.4 Å². The summed E-state index contributed by atoms with van der Waals surface area (Å²) in [6.07, 6.45) is 3.51. The minimum absolute atomic E-state index is 0.140. The van der Waals surface area contributed by atoms with Crippen LogP contribution >= 0.6 is 0 Å². The number of amides is 2. The van der Waals surface area contributed by atoms with Crippen LogP contribution in [0.3, 0.4) is 0 Å². The molecule has 0 N–H and O–H groups in total. The molecule has 1 heterocycles. The van der Waals surface area contributed by atoms with Crippen molar-refractivity contribution in [1.29, 1.82) is 0 Å². The lowest BCUT2D eigenvalue weighted by Gasteiger charge is -2.37. The first-order valence-electron chi connectivity index (χ1n) is 8.70. The van der Waals surface area contributed by atoms with Crippen molar-refractivity contribution in [3.63, 3.8) is 0 Å². The van der Waals surface area contributed by atoms with E-state index in [1.54, 1.807) is 6.07 Å². The molecule has 1 unspecified atom stereocenters. The lowest BCUT2D eigenvalue weighted by molar-refractivity contribution is -0.134. The van der Waals surface area contributed by atoms with Crippen molar-refractivity contribution in [3.05, 3.63) is 35.4 Å². The first-order chi connectivity index (χ1) is 11.4. The van der Waals surface area contributed by atoms with Crippen LogP contribution < -0.4 is 0 Å². The molecule has 1 aliphatic rings. The summed E-state index contributed by atoms with van der Waals surface area (Å²) in [6.45, 7) is 6.23. The van der Waals surface area contributed by atoms with Crippen molar-refractivity contribution in [2.75, 3.05) is 18.1 Å². The van der Waals surface area contributed by atoms with Crippen molar-refractivity contribution < 1.29 is 13.8 Å². The van der Waals surface area contributed by atoms with E-state index in [0.29, 0.717) is 24.3 Å². The normalized spacial score (nSPS) is 17.7. The van der Waals surface area contributed by atoms with E-state index < -0.39 is 16.2 Å². The van der Waals surface area contributed by atoms with Crippen LogP contribution in [-0.2, 0) is 21.0 Å². The van der Waals surface area contributed by atoms with Gasteiger partial charge in [0.25, 0.3) is 5.91 Å². The molecule has 0 bridgehead atoms. The van der Waals surface area contributed by atoms with E-state index in [4.69, 9.17) is 0 Å². The quantitative estimate of drug-likeness (QED) is 0.535. The summed E-state index contributed by atoms with van der Waals surface area (Å²) >= 11 is 0. The van der Waals surface area contributed by atoms with Gasteiger partial charge in [0.05, 0.1) is 5.41 Å². The van der Waals surface area contributed by atoms with E-state index in [1.807, 2.05) is 32.0 Å². The second-order valence-corrected chi connectivity index (χ2v) is 8.54. The van der Waals surface area contributed by atoms with Gasteiger partial charge < -0.3 is 0 Å². The Morgan fingerprint density at radius 2 is 1.71 bits per heavy atom. The smallest absolute Gasteiger partial charge is 0.260 e. The molecule has 24 heavy (non-hydrogen) atoms. The standard InChI is InChI=1S/C19H27NO3S/c1-4-5-13-24(23)14-9-8-12-20-17(21)15-10-6-7-11-16(15)19(2,3)18(20)22/h6-7,10-11H,4-5,8-9,12-14H2,1-3H3. The summed E-state index contributed by atoms with van der Waals surface area (Å²) in [7, 11) is -0.784. The first kappa shape index (κ1) is 18.8. The number of imide groups is 1. The van der Waals surface area contributed by atoms with E-state index in [2.05, 4.69) is 6.92 Å². The van der Waals surface area contributed by atoms with Crippen molar-refractivity contribution in [3.8, 4) is 0 Å². The number of benzene rings is 1. The summed E-state index contributed by atoms with van der Waals surface area (Å²) in [5.74, 6) is 1.05. The maximum Gasteiger partial charge on any atom is 0.260 e. The van der Waals surface area contributed by atoms with Crippen LogP contribution in [0.25, 0.3) is 0 Å². The Labute approximate surface area is 147 Å². The fraction of sp³-hybridized carbons (Fsp3) is 0.579. The SMILES string of the molecule is CCCCS(=O)CCCCN1C(=O)c2ccccc2C(C)(C)C1=O. The van der Waals surface area contributed by atoms with Gasteiger partial charge in [-0.15, -0.1) is 0 Å². The molecule has 2 rings (SSSR count). The molecule has 0 fully saturated rings. The number of rotatable bonds is 8. The molecule has 1 aliphatic heterocycles. The van der Waals surface area contributed by atoms with Crippen LogP contribution in [0.15, 0.2) is 24.3 Å². The molecule has 132 valence electrons. The van der Waals surface area contributed by atoms with Gasteiger partial charge in [0.15, 0.2) is 0 Å². The summed E-state index contributed by atoms with van der Waals surface area (Å²) in [6, 6.07) is 7.35. The van der Waals surface area contributed by atoms with Gasteiger partial charge in [0.2, 0.25) is 5.91 Å². The number of hydrogen-bond acceptors (Lipinski definition) is 3. The molecule has 0 radical (unpaired) electrons. The van der Waals surface area contributed by atoms with E-state index in [1.165, 1.54) is 4.90 Å². The predicted octanol–water partition coefficient (Wildman–Crippen LogP) is 3.28. The number of hydrogen-bond donors (Lipinski definition) is 0. The number of carbonyl (C=O) groups excluding carboxylic acids is 2. The Morgan fingerprint density at radius 1 is 1.04 bits per heavy atom. The van der Waals surface area contributed by atoms with Gasteiger partial charge in [-0.2, -0.15) is 0 Å². The number of nitrogens with zero attached hydrogens (tertiary/aromatic N) is 1. The molecule has 0 saturated heterocycles. The molecular weight excluding hydrogens is 322 g/mol. The average molecular weight is 349 g/mol. The number of fused-ring (bicyclic) bond motifs is 1. The van der Waals surface area contributed by atoms with Crippen LogP contribution in [0, 0.1) is 0 Å². The lowest BCUT2D eigenvalue weighted by atomic mass is 9.77. The van der Waals surface area contributed by atoms with Crippen molar-refractivity contribution in [2.45, 2.75) is 51.9 Å². The van der Waals surface area contributed by atoms with Gasteiger partial charge in [0.1, 0.15) is 0 Å². The molecule has 0 aromatic heterocycles. The number of carbonyl (C=O) groups is 2. The van der Waals surface area contributed by atoms with Gasteiger partial charge >= 0.3 is 0 Å². The van der Waals surface area contributed by atoms with Gasteiger partial charge in [-0.05, 0) is 44.7 Å². The third-order valence-corrected chi connectivity index (χ3v) is 6.07. The molecule has 0 saturated carbocycles. The van der Waals surface area contributed by atoms with Crippen LogP contribution in [-0.4, -0.2) is 39.0 Å². The zero-order chi connectivity index (χ0) is 17.7. The summed E-state index contributed by atoms with van der Waals surface area (Å²) in [5, 5.41) is 0. The summed E-state index contributed by atoms with van der Waals surface area (Å²) in [5.41, 5.74) is 0.736. The van der Waals surface area contributed by atoms with Crippen LogP contribution in [0.2, 0.25) is 0 Å². The highest BCUT2D eigenvalue weighted by molar-refractivity contribution is 7.84. The minimum Gasteiger partial charge on any atom is -0.278 e. The predicted molar refractivity (Wildman–Crippen MR) is 97.5 cm³/mol. The summed E-state index contributed by atoms with van der Waals surface area (Å²) < 4.78 is 11.8. The number of unbranched alkanes of at least 4 members (excludes halogenated alkanes) is 2. The molecule has 0 aliphatic carbocycles. The molecule has 1 aromatic carbocycles. The Kier molecular flexibility index (Phi) is 6.33. The maximum absolute atomic E-state index is 12.7. The average Bonchev–Trinajstić information content (AvgIpc) is 2.58. The largest absolute Gasteiger partial charge is 0.278 e. The van der Waals surface area contributed by atoms with Crippen molar-refractivity contribution >= 4 is 22.6 Å². The van der Waals surface area contributed by atoms with Gasteiger partial charge in [-0.25, -0.2) is 0 Å². The van der Waals surface area contributed by atoms with E-state index in [-0.39, 0.29) is 11.8 Å². The zero-order valence-corrected chi connectivity index (χ0v) is 15.7. The molecule has 2 amide bonds. The Hall–Kier alpha value is -1.49. The highest BCUT2D eigenvalue weighted by Gasteiger charge is 2.43. The molecule has 5 heteroatoms. The van der Waals surface area contributed by atoms with Gasteiger partial charge in [0, 0.05) is 34.4 Å².